The van der Waals surface area contributed by atoms with Crippen LogP contribution < -0.4 is 9.46 Å². The van der Waals surface area contributed by atoms with Crippen LogP contribution in [0.3, 0.4) is 0 Å². The lowest BCUT2D eigenvalue weighted by Gasteiger charge is -2.06. The molecule has 0 heterocycles. The van der Waals surface area contributed by atoms with Gasteiger partial charge in [0.1, 0.15) is 5.75 Å². The van der Waals surface area contributed by atoms with Gasteiger partial charge in [-0.3, -0.25) is 0 Å². The van der Waals surface area contributed by atoms with Crippen LogP contribution in [-0.4, -0.2) is 32.6 Å². The van der Waals surface area contributed by atoms with Crippen LogP contribution in [0.5, 0.6) is 5.75 Å². The zero-order chi connectivity index (χ0) is 20.0. The zero-order valence-electron chi connectivity index (χ0n) is 14.9. The van der Waals surface area contributed by atoms with Gasteiger partial charge in [0, 0.05) is 6.54 Å². The summed E-state index contributed by atoms with van der Waals surface area (Å²) in [7, 11) is -3.62. The van der Waals surface area contributed by atoms with Crippen molar-refractivity contribution in [1.82, 2.24) is 4.72 Å². The van der Waals surface area contributed by atoms with E-state index >= 15 is 0 Å². The third-order valence-electron chi connectivity index (χ3n) is 3.95. The van der Waals surface area contributed by atoms with Gasteiger partial charge < -0.3 is 9.84 Å². The maximum atomic E-state index is 12.5. The molecule has 0 bridgehead atoms. The van der Waals surface area contributed by atoms with Crippen molar-refractivity contribution in [2.45, 2.75) is 4.90 Å². The van der Waals surface area contributed by atoms with Crippen molar-refractivity contribution >= 4 is 32.8 Å². The lowest BCUT2D eigenvalue weighted by molar-refractivity contribution is -0.139. The fraction of sp³-hybridized carbons (Fsp3) is 0.0952. The molecule has 0 amide bonds. The van der Waals surface area contributed by atoms with E-state index in [1.807, 2.05) is 30.3 Å². The zero-order valence-corrected chi connectivity index (χ0v) is 15.7. The Morgan fingerprint density at radius 2 is 1.79 bits per heavy atom. The molecule has 0 aliphatic heterocycles. The highest BCUT2D eigenvalue weighted by Gasteiger charge is 2.12. The van der Waals surface area contributed by atoms with E-state index in [4.69, 9.17) is 9.84 Å². The maximum absolute atomic E-state index is 12.5. The lowest BCUT2D eigenvalue weighted by Crippen LogP contribution is -2.23. The molecule has 0 fully saturated rings. The third-order valence-corrected chi connectivity index (χ3v) is 5.37. The summed E-state index contributed by atoms with van der Waals surface area (Å²) in [5, 5.41) is 10.5. The topological polar surface area (TPSA) is 92.7 Å². The van der Waals surface area contributed by atoms with Crippen LogP contribution in [0.25, 0.3) is 16.8 Å². The van der Waals surface area contributed by atoms with E-state index in [9.17, 15) is 13.2 Å². The molecular weight excluding hydrogens is 378 g/mol. The van der Waals surface area contributed by atoms with E-state index in [1.54, 1.807) is 48.6 Å². The van der Waals surface area contributed by atoms with Gasteiger partial charge in [-0.15, -0.1) is 0 Å². The Kier molecular flexibility index (Phi) is 6.08. The highest BCUT2D eigenvalue weighted by atomic mass is 32.2. The summed E-state index contributed by atoms with van der Waals surface area (Å²) in [5.74, 6) is -0.620. The summed E-state index contributed by atoms with van der Waals surface area (Å²) in [6.45, 7) is -0.298. The summed E-state index contributed by atoms with van der Waals surface area (Å²) >= 11 is 0. The number of carboxylic acids is 1. The van der Waals surface area contributed by atoms with Gasteiger partial charge in [0.15, 0.2) is 6.61 Å². The van der Waals surface area contributed by atoms with E-state index in [0.717, 1.165) is 16.3 Å². The molecule has 144 valence electrons. The Balaban J connectivity index is 1.63. The summed E-state index contributed by atoms with van der Waals surface area (Å²) in [4.78, 5) is 10.8. The first kappa shape index (κ1) is 19.6. The molecule has 2 N–H and O–H groups in total. The van der Waals surface area contributed by atoms with Gasteiger partial charge in [-0.05, 0) is 40.6 Å². The molecule has 0 saturated carbocycles. The SMILES string of the molecule is O=C(O)COc1cccc(C=CCNS(=O)(=O)c2ccc3ccccc3c2)c1. The Morgan fingerprint density at radius 1 is 1.00 bits per heavy atom. The number of carbonyl (C=O) groups is 1. The smallest absolute Gasteiger partial charge is 0.341 e. The predicted octanol–water partition coefficient (Wildman–Crippen LogP) is 3.29. The molecule has 0 radical (unpaired) electrons. The van der Waals surface area contributed by atoms with Crippen molar-refractivity contribution in [3.05, 3.63) is 78.4 Å². The first-order valence-electron chi connectivity index (χ1n) is 8.54. The third kappa shape index (κ3) is 5.18. The standard InChI is InChI=1S/C21H19NO5S/c23-21(24)15-27-19-9-3-5-16(13-19)6-4-12-22-28(25,26)20-11-10-17-7-1-2-8-18(17)14-20/h1-11,13-14,22H,12,15H2,(H,23,24). The minimum absolute atomic E-state index is 0.120. The first-order valence-corrected chi connectivity index (χ1v) is 10.0. The number of hydrogen-bond acceptors (Lipinski definition) is 4. The molecular formula is C21H19NO5S. The van der Waals surface area contributed by atoms with Crippen LogP contribution in [-0.2, 0) is 14.8 Å². The Morgan fingerprint density at radius 3 is 2.57 bits per heavy atom. The molecule has 3 aromatic carbocycles. The second-order valence-corrected chi connectivity index (χ2v) is 7.79. The van der Waals surface area contributed by atoms with Gasteiger partial charge in [0.05, 0.1) is 4.90 Å². The Labute approximate surface area is 163 Å². The number of hydrogen-bond donors (Lipinski definition) is 2. The number of carboxylic acid groups (broad SMARTS) is 1. The monoisotopic (exact) mass is 397 g/mol. The first-order chi connectivity index (χ1) is 13.4. The highest BCUT2D eigenvalue weighted by molar-refractivity contribution is 7.89. The summed E-state index contributed by atoms with van der Waals surface area (Å²) < 4.78 is 32.6. The Hall–Kier alpha value is -3.16. The average molecular weight is 397 g/mol. The van der Waals surface area contributed by atoms with Gasteiger partial charge in [-0.1, -0.05) is 54.6 Å². The van der Waals surface area contributed by atoms with Gasteiger partial charge in [0.2, 0.25) is 10.0 Å². The second kappa shape index (κ2) is 8.69. The number of benzene rings is 3. The molecule has 0 aromatic heterocycles. The number of sulfonamides is 1. The maximum Gasteiger partial charge on any atom is 0.341 e. The highest BCUT2D eigenvalue weighted by Crippen LogP contribution is 2.19. The molecule has 28 heavy (non-hydrogen) atoms. The van der Waals surface area contributed by atoms with E-state index in [-0.39, 0.29) is 11.4 Å². The van der Waals surface area contributed by atoms with Crippen LogP contribution in [0.15, 0.2) is 77.7 Å². The minimum Gasteiger partial charge on any atom is -0.482 e. The van der Waals surface area contributed by atoms with Gasteiger partial charge >= 0.3 is 5.97 Å². The van der Waals surface area contributed by atoms with E-state index in [1.165, 1.54) is 0 Å². The van der Waals surface area contributed by atoms with Crippen LogP contribution in [0.2, 0.25) is 0 Å². The van der Waals surface area contributed by atoms with Crippen molar-refractivity contribution in [3.8, 4) is 5.75 Å². The number of rotatable bonds is 8. The van der Waals surface area contributed by atoms with Crippen molar-refractivity contribution in [3.63, 3.8) is 0 Å². The normalized spacial score (nSPS) is 11.7. The fourth-order valence-electron chi connectivity index (χ4n) is 2.62. The number of ether oxygens (including phenoxy) is 1. The Bertz CT molecular complexity index is 1120. The largest absolute Gasteiger partial charge is 0.482 e. The van der Waals surface area contributed by atoms with Gasteiger partial charge in [0.25, 0.3) is 0 Å². The molecule has 0 aliphatic carbocycles. The van der Waals surface area contributed by atoms with Gasteiger partial charge in [-0.25, -0.2) is 17.9 Å². The summed E-state index contributed by atoms with van der Waals surface area (Å²) in [6, 6.07) is 19.4. The predicted molar refractivity (Wildman–Crippen MR) is 108 cm³/mol. The van der Waals surface area contributed by atoms with Crippen molar-refractivity contribution < 1.29 is 23.1 Å². The lowest BCUT2D eigenvalue weighted by atomic mass is 10.1. The quantitative estimate of drug-likeness (QED) is 0.608. The molecule has 0 spiro atoms. The molecule has 0 aliphatic rings. The molecule has 3 aromatic rings. The molecule has 0 atom stereocenters. The second-order valence-electron chi connectivity index (χ2n) is 6.02. The molecule has 7 heteroatoms. The van der Waals surface area contributed by atoms with Crippen LogP contribution in [0, 0.1) is 0 Å². The molecule has 6 nitrogen and oxygen atoms in total. The van der Waals surface area contributed by atoms with Gasteiger partial charge in [-0.2, -0.15) is 0 Å². The van der Waals surface area contributed by atoms with Crippen molar-refractivity contribution in [1.29, 1.82) is 0 Å². The van der Waals surface area contributed by atoms with Crippen LogP contribution >= 0.6 is 0 Å². The molecule has 3 rings (SSSR count). The van der Waals surface area contributed by atoms with Crippen molar-refractivity contribution in [2.75, 3.05) is 13.2 Å². The molecule has 0 saturated heterocycles. The number of nitrogens with one attached hydrogen (secondary N) is 1. The van der Waals surface area contributed by atoms with E-state index in [0.29, 0.717) is 5.75 Å². The van der Waals surface area contributed by atoms with Crippen LogP contribution in [0.4, 0.5) is 0 Å². The minimum atomic E-state index is -3.62. The van der Waals surface area contributed by atoms with Crippen LogP contribution in [0.1, 0.15) is 5.56 Å². The van der Waals surface area contributed by atoms with E-state index < -0.39 is 22.6 Å². The van der Waals surface area contributed by atoms with Crippen molar-refractivity contribution in [2.24, 2.45) is 0 Å². The molecule has 0 unspecified atom stereocenters. The number of aliphatic carboxylic acids is 1. The fourth-order valence-corrected chi connectivity index (χ4v) is 3.64. The van der Waals surface area contributed by atoms with E-state index in [2.05, 4.69) is 4.72 Å². The summed E-state index contributed by atoms with van der Waals surface area (Å²) in [5.41, 5.74) is 0.771. The summed E-state index contributed by atoms with van der Waals surface area (Å²) in [6.07, 6.45) is 3.41. The number of fused-ring (bicyclic) bond motifs is 1. The average Bonchev–Trinajstić information content (AvgIpc) is 2.69.